The molecule has 16 heteroatoms. The fourth-order valence-corrected chi connectivity index (χ4v) is 5.41. The summed E-state index contributed by atoms with van der Waals surface area (Å²) in [5.41, 5.74) is 13.1. The summed E-state index contributed by atoms with van der Waals surface area (Å²) in [5, 5.41) is 18.7. The summed E-state index contributed by atoms with van der Waals surface area (Å²) in [6.07, 6.45) is 0.640. The van der Waals surface area contributed by atoms with E-state index in [1.54, 1.807) is 24.0 Å². The van der Waals surface area contributed by atoms with Gasteiger partial charge >= 0.3 is 5.97 Å². The van der Waals surface area contributed by atoms with Crippen LogP contribution in [0, 0.1) is 0 Å². The van der Waals surface area contributed by atoms with Crippen LogP contribution in [-0.4, -0.2) is 54.9 Å². The van der Waals surface area contributed by atoms with Crippen molar-refractivity contribution in [3.8, 4) is 0 Å². The second kappa shape index (κ2) is 11.8. The highest BCUT2D eigenvalue weighted by Gasteiger charge is 2.27. The first-order valence-electron chi connectivity index (χ1n) is 14.4. The highest BCUT2D eigenvalue weighted by molar-refractivity contribution is 5.98. The van der Waals surface area contributed by atoms with E-state index < -0.39 is 46.4 Å². The highest BCUT2D eigenvalue weighted by Crippen LogP contribution is 2.26. The molecule has 0 saturated carbocycles. The number of carbonyl (C=O) groups excluding carboxylic acids is 3. The lowest BCUT2D eigenvalue weighted by Crippen LogP contribution is -2.44. The number of amides is 3. The standard InChI is InChI=1S/C31H27N9O7/c1-14(16-4-6-18(7-5-16)30(46)47)35-28(44)20-11-21(40-31(36-20)37-27(38-40)26(33)43)29(45)34-12-15-2-3-17-8-9-39(13-19(17)10-15)23-22(32)24(41)25(23)42/h2-7,10-11,14H,8-9,12-13,32H2,1H3,(H2,33,43)(H,34,45)(H,35,44)(H,46,47)/t14-/m0/s1. The number of nitrogens with two attached hydrogens (primary N) is 2. The number of hydrogen-bond donors (Lipinski definition) is 5. The average molecular weight is 638 g/mol. The molecule has 2 aromatic heterocycles. The van der Waals surface area contributed by atoms with Crippen LogP contribution in [0.25, 0.3) is 5.78 Å². The summed E-state index contributed by atoms with van der Waals surface area (Å²) >= 11 is 0. The number of carboxylic acid groups (broad SMARTS) is 1. The minimum atomic E-state index is -1.08. The molecule has 16 nitrogen and oxygen atoms in total. The number of hydrogen-bond acceptors (Lipinski definition) is 11. The lowest BCUT2D eigenvalue weighted by atomic mass is 9.96. The Morgan fingerprint density at radius 2 is 1.72 bits per heavy atom. The van der Waals surface area contributed by atoms with Crippen LogP contribution in [0.3, 0.4) is 0 Å². The molecule has 1 atom stereocenters. The molecule has 238 valence electrons. The number of anilines is 2. The van der Waals surface area contributed by atoms with E-state index in [4.69, 9.17) is 16.6 Å². The van der Waals surface area contributed by atoms with E-state index in [9.17, 15) is 28.8 Å². The Morgan fingerprint density at radius 1 is 0.979 bits per heavy atom. The molecule has 47 heavy (non-hydrogen) atoms. The predicted molar refractivity (Wildman–Crippen MR) is 167 cm³/mol. The lowest BCUT2D eigenvalue weighted by Gasteiger charge is -2.32. The minimum Gasteiger partial charge on any atom is -0.478 e. The van der Waals surface area contributed by atoms with Crippen molar-refractivity contribution in [2.45, 2.75) is 32.5 Å². The number of carbonyl (C=O) groups is 4. The first-order chi connectivity index (χ1) is 22.4. The van der Waals surface area contributed by atoms with Crippen molar-refractivity contribution in [1.82, 2.24) is 30.2 Å². The molecule has 0 aliphatic carbocycles. The van der Waals surface area contributed by atoms with E-state index in [1.807, 2.05) is 18.2 Å². The third-order valence-electron chi connectivity index (χ3n) is 7.98. The molecule has 0 saturated heterocycles. The van der Waals surface area contributed by atoms with Crippen molar-refractivity contribution in [2.75, 3.05) is 17.2 Å². The summed E-state index contributed by atoms with van der Waals surface area (Å²) in [6.45, 7) is 2.66. The van der Waals surface area contributed by atoms with Gasteiger partial charge in [-0.05, 0) is 47.7 Å². The lowest BCUT2D eigenvalue weighted by molar-refractivity contribution is 0.0695. The van der Waals surface area contributed by atoms with Crippen LogP contribution in [0.15, 0.2) is 58.1 Å². The maximum absolute atomic E-state index is 13.5. The second-order valence-corrected chi connectivity index (χ2v) is 11.0. The number of rotatable bonds is 9. The topological polar surface area (TPSA) is 245 Å². The van der Waals surface area contributed by atoms with Gasteiger partial charge in [0.25, 0.3) is 34.4 Å². The monoisotopic (exact) mass is 637 g/mol. The Kier molecular flexibility index (Phi) is 7.68. The SMILES string of the molecule is C[C@H](NC(=O)c1cc(C(=O)NCc2ccc3c(c2)CN(c2c(N)c(=O)c2=O)CC3)n2nc(C(N)=O)nc2n1)c1ccc(C(=O)O)cc1. The Hall–Kier alpha value is -6.45. The summed E-state index contributed by atoms with van der Waals surface area (Å²) in [7, 11) is 0. The number of nitrogens with zero attached hydrogens (tertiary/aromatic N) is 5. The quantitative estimate of drug-likeness (QED) is 0.135. The third kappa shape index (κ3) is 5.74. The molecular formula is C31H27N9O7. The zero-order valence-electron chi connectivity index (χ0n) is 24.8. The molecule has 0 fully saturated rings. The van der Waals surface area contributed by atoms with Crippen molar-refractivity contribution in [3.63, 3.8) is 0 Å². The fourth-order valence-electron chi connectivity index (χ4n) is 5.41. The van der Waals surface area contributed by atoms with Gasteiger partial charge in [-0.3, -0.25) is 24.0 Å². The van der Waals surface area contributed by atoms with Crippen molar-refractivity contribution >= 4 is 40.8 Å². The molecule has 3 amide bonds. The second-order valence-electron chi connectivity index (χ2n) is 11.0. The number of aromatic carboxylic acids is 1. The molecule has 0 unspecified atom stereocenters. The smallest absolute Gasteiger partial charge is 0.335 e. The maximum atomic E-state index is 13.5. The zero-order chi connectivity index (χ0) is 33.6. The van der Waals surface area contributed by atoms with Crippen molar-refractivity contribution in [2.24, 2.45) is 5.73 Å². The van der Waals surface area contributed by atoms with Crippen LogP contribution in [0.1, 0.15) is 77.2 Å². The van der Waals surface area contributed by atoms with Crippen LogP contribution in [0.5, 0.6) is 0 Å². The van der Waals surface area contributed by atoms with Gasteiger partial charge < -0.3 is 32.1 Å². The molecule has 3 heterocycles. The minimum absolute atomic E-state index is 0.0324. The van der Waals surface area contributed by atoms with Gasteiger partial charge in [0.15, 0.2) is 0 Å². The molecule has 1 aliphatic rings. The van der Waals surface area contributed by atoms with Crippen LogP contribution in [0.4, 0.5) is 11.4 Å². The Labute approximate surface area is 264 Å². The van der Waals surface area contributed by atoms with E-state index in [1.165, 1.54) is 18.2 Å². The number of benzene rings is 2. The summed E-state index contributed by atoms with van der Waals surface area (Å²) < 4.78 is 1.01. The summed E-state index contributed by atoms with van der Waals surface area (Å²) in [6, 6.07) is 12.3. The molecule has 0 radical (unpaired) electrons. The summed E-state index contributed by atoms with van der Waals surface area (Å²) in [5.74, 6) is -3.97. The van der Waals surface area contributed by atoms with Gasteiger partial charge in [0.05, 0.1) is 11.6 Å². The van der Waals surface area contributed by atoms with Crippen LogP contribution < -0.4 is 37.9 Å². The third-order valence-corrected chi connectivity index (χ3v) is 7.98. The van der Waals surface area contributed by atoms with Crippen LogP contribution >= 0.6 is 0 Å². The number of aromatic nitrogens is 4. The molecule has 0 spiro atoms. The van der Waals surface area contributed by atoms with E-state index in [0.29, 0.717) is 25.1 Å². The number of fused-ring (bicyclic) bond motifs is 2. The molecular weight excluding hydrogens is 610 g/mol. The van der Waals surface area contributed by atoms with Gasteiger partial charge in [-0.2, -0.15) is 9.50 Å². The van der Waals surface area contributed by atoms with Crippen molar-refractivity contribution in [3.05, 3.63) is 114 Å². The number of nitrogen functional groups attached to an aromatic ring is 1. The number of primary amides is 1. The molecule has 7 N–H and O–H groups in total. The Bertz CT molecular complexity index is 2180. The molecule has 0 bridgehead atoms. The first-order valence-corrected chi connectivity index (χ1v) is 14.4. The molecule has 6 rings (SSSR count). The van der Waals surface area contributed by atoms with Gasteiger partial charge in [0.1, 0.15) is 22.8 Å². The number of nitrogens with one attached hydrogen (secondary N) is 2. The van der Waals surface area contributed by atoms with Crippen molar-refractivity contribution in [1.29, 1.82) is 0 Å². The van der Waals surface area contributed by atoms with E-state index >= 15 is 0 Å². The van der Waals surface area contributed by atoms with Gasteiger partial charge in [0, 0.05) is 25.7 Å². The van der Waals surface area contributed by atoms with E-state index in [0.717, 1.165) is 21.2 Å². The summed E-state index contributed by atoms with van der Waals surface area (Å²) in [4.78, 5) is 83.2. The van der Waals surface area contributed by atoms with Gasteiger partial charge in [-0.15, -0.1) is 5.10 Å². The van der Waals surface area contributed by atoms with E-state index in [2.05, 4.69) is 25.7 Å². The van der Waals surface area contributed by atoms with Gasteiger partial charge in [0.2, 0.25) is 5.82 Å². The molecule has 5 aromatic rings. The van der Waals surface area contributed by atoms with Gasteiger partial charge in [-0.25, -0.2) is 9.78 Å². The molecule has 3 aromatic carbocycles. The normalized spacial score (nSPS) is 13.3. The largest absolute Gasteiger partial charge is 0.478 e. The average Bonchev–Trinajstić information content (AvgIpc) is 3.51. The zero-order valence-corrected chi connectivity index (χ0v) is 24.8. The molecule has 1 aliphatic heterocycles. The number of carboxylic acids is 1. The van der Waals surface area contributed by atoms with Gasteiger partial charge in [-0.1, -0.05) is 30.3 Å². The highest BCUT2D eigenvalue weighted by atomic mass is 16.4. The van der Waals surface area contributed by atoms with Crippen molar-refractivity contribution < 1.29 is 24.3 Å². The maximum Gasteiger partial charge on any atom is 0.335 e. The van der Waals surface area contributed by atoms with Crippen LogP contribution in [-0.2, 0) is 19.5 Å². The van der Waals surface area contributed by atoms with Crippen LogP contribution in [0.2, 0.25) is 0 Å². The Balaban J connectivity index is 1.21. The predicted octanol–water partition coefficient (Wildman–Crippen LogP) is 0.0833. The fraction of sp³-hybridized carbons (Fsp3) is 0.194. The Morgan fingerprint density at radius 3 is 2.40 bits per heavy atom. The first kappa shape index (κ1) is 30.6. The van der Waals surface area contributed by atoms with E-state index in [-0.39, 0.29) is 40.6 Å².